The number of benzene rings is 2. The van der Waals surface area contributed by atoms with Gasteiger partial charge >= 0.3 is 0 Å². The summed E-state index contributed by atoms with van der Waals surface area (Å²) < 4.78 is 3.89. The lowest BCUT2D eigenvalue weighted by molar-refractivity contribution is -0.116. The van der Waals surface area contributed by atoms with Crippen molar-refractivity contribution in [1.29, 1.82) is 0 Å². The SMILES string of the molecule is Cc1cccc2cnn(CCC(=O)Nc3cccc(Cn4ccnc4)c3)c12. The van der Waals surface area contributed by atoms with Crippen LogP contribution < -0.4 is 5.32 Å². The van der Waals surface area contributed by atoms with E-state index in [2.05, 4.69) is 28.4 Å². The maximum atomic E-state index is 12.4. The maximum Gasteiger partial charge on any atom is 0.226 e. The van der Waals surface area contributed by atoms with E-state index in [1.54, 1.807) is 12.5 Å². The van der Waals surface area contributed by atoms with Crippen LogP contribution in [0.5, 0.6) is 0 Å². The Hall–Kier alpha value is -3.41. The second kappa shape index (κ2) is 7.45. The Balaban J connectivity index is 1.39. The number of carbonyl (C=O) groups is 1. The number of aromatic nitrogens is 4. The highest BCUT2D eigenvalue weighted by Gasteiger charge is 2.08. The molecule has 0 saturated carbocycles. The molecule has 136 valence electrons. The highest BCUT2D eigenvalue weighted by Crippen LogP contribution is 2.18. The van der Waals surface area contributed by atoms with Gasteiger partial charge in [-0.05, 0) is 30.2 Å². The number of hydrogen-bond donors (Lipinski definition) is 1. The molecule has 0 aliphatic heterocycles. The van der Waals surface area contributed by atoms with Crippen molar-refractivity contribution in [3.8, 4) is 0 Å². The molecule has 0 spiro atoms. The first kappa shape index (κ1) is 17.0. The molecule has 4 rings (SSSR count). The number of nitrogens with zero attached hydrogens (tertiary/aromatic N) is 4. The molecule has 6 nitrogen and oxygen atoms in total. The number of para-hydroxylation sites is 1. The van der Waals surface area contributed by atoms with Crippen molar-refractivity contribution in [3.05, 3.63) is 78.5 Å². The summed E-state index contributed by atoms with van der Waals surface area (Å²) in [5.74, 6) is -0.0213. The number of imidazole rings is 1. The van der Waals surface area contributed by atoms with Gasteiger partial charge in [0.1, 0.15) is 0 Å². The molecule has 2 aromatic heterocycles. The summed E-state index contributed by atoms with van der Waals surface area (Å²) in [5, 5.41) is 8.50. The molecule has 0 radical (unpaired) electrons. The number of anilines is 1. The number of nitrogens with one attached hydrogen (secondary N) is 1. The van der Waals surface area contributed by atoms with Crippen molar-refractivity contribution in [2.45, 2.75) is 26.4 Å². The number of amides is 1. The summed E-state index contributed by atoms with van der Waals surface area (Å²) in [6, 6.07) is 14.0. The average molecular weight is 359 g/mol. The third-order valence-corrected chi connectivity index (χ3v) is 4.55. The number of fused-ring (bicyclic) bond motifs is 1. The Kier molecular flexibility index (Phi) is 4.70. The summed E-state index contributed by atoms with van der Waals surface area (Å²) in [7, 11) is 0. The van der Waals surface area contributed by atoms with Crippen LogP contribution in [0.3, 0.4) is 0 Å². The first-order valence-electron chi connectivity index (χ1n) is 8.95. The van der Waals surface area contributed by atoms with Gasteiger partial charge in [-0.15, -0.1) is 0 Å². The Bertz CT molecular complexity index is 1070. The molecule has 0 bridgehead atoms. The van der Waals surface area contributed by atoms with E-state index in [0.29, 0.717) is 13.0 Å². The summed E-state index contributed by atoms with van der Waals surface area (Å²) in [6.45, 7) is 3.34. The van der Waals surface area contributed by atoms with Crippen LogP contribution in [0.4, 0.5) is 5.69 Å². The highest BCUT2D eigenvalue weighted by molar-refractivity contribution is 5.91. The fraction of sp³-hybridized carbons (Fsp3) is 0.190. The van der Waals surface area contributed by atoms with E-state index in [4.69, 9.17) is 0 Å². The van der Waals surface area contributed by atoms with Crippen LogP contribution in [0.2, 0.25) is 0 Å². The van der Waals surface area contributed by atoms with Gasteiger partial charge in [-0.1, -0.05) is 30.3 Å². The molecule has 1 amide bonds. The van der Waals surface area contributed by atoms with Crippen LogP contribution in [-0.2, 0) is 17.9 Å². The molecule has 4 aromatic rings. The standard InChI is InChI=1S/C21H21N5O/c1-16-4-2-6-18-13-23-26(21(16)18)10-8-20(27)24-19-7-3-5-17(12-19)14-25-11-9-22-15-25/h2-7,9,11-13,15H,8,10,14H2,1H3,(H,24,27). The van der Waals surface area contributed by atoms with Crippen molar-refractivity contribution in [2.75, 3.05) is 5.32 Å². The number of aryl methyl sites for hydroxylation is 2. The Morgan fingerprint density at radius 1 is 1.19 bits per heavy atom. The zero-order valence-electron chi connectivity index (χ0n) is 15.2. The molecule has 0 atom stereocenters. The van der Waals surface area contributed by atoms with Gasteiger partial charge < -0.3 is 9.88 Å². The largest absolute Gasteiger partial charge is 0.333 e. The van der Waals surface area contributed by atoms with E-state index in [1.807, 2.05) is 58.0 Å². The van der Waals surface area contributed by atoms with Crippen LogP contribution >= 0.6 is 0 Å². The molecule has 0 unspecified atom stereocenters. The van der Waals surface area contributed by atoms with Crippen molar-refractivity contribution < 1.29 is 4.79 Å². The minimum Gasteiger partial charge on any atom is -0.333 e. The van der Waals surface area contributed by atoms with E-state index in [9.17, 15) is 4.79 Å². The minimum absolute atomic E-state index is 0.0213. The van der Waals surface area contributed by atoms with Crippen molar-refractivity contribution in [2.24, 2.45) is 0 Å². The Morgan fingerprint density at radius 3 is 2.93 bits per heavy atom. The molecule has 27 heavy (non-hydrogen) atoms. The summed E-state index contributed by atoms with van der Waals surface area (Å²) >= 11 is 0. The molecule has 0 aliphatic carbocycles. The second-order valence-electron chi connectivity index (χ2n) is 6.61. The van der Waals surface area contributed by atoms with Crippen molar-refractivity contribution in [3.63, 3.8) is 0 Å². The van der Waals surface area contributed by atoms with E-state index in [0.717, 1.165) is 34.3 Å². The predicted octanol–water partition coefficient (Wildman–Crippen LogP) is 3.62. The third-order valence-electron chi connectivity index (χ3n) is 4.55. The van der Waals surface area contributed by atoms with Gasteiger partial charge in [0.25, 0.3) is 0 Å². The third kappa shape index (κ3) is 3.89. The average Bonchev–Trinajstić information content (AvgIpc) is 3.31. The van der Waals surface area contributed by atoms with Crippen molar-refractivity contribution in [1.82, 2.24) is 19.3 Å². The molecule has 0 saturated heterocycles. The predicted molar refractivity (Wildman–Crippen MR) is 105 cm³/mol. The van der Waals surface area contributed by atoms with Crippen LogP contribution in [0.1, 0.15) is 17.5 Å². The van der Waals surface area contributed by atoms with Gasteiger partial charge in [0.05, 0.1) is 24.6 Å². The van der Waals surface area contributed by atoms with E-state index in [-0.39, 0.29) is 5.91 Å². The maximum absolute atomic E-state index is 12.4. The lowest BCUT2D eigenvalue weighted by atomic mass is 10.2. The summed E-state index contributed by atoms with van der Waals surface area (Å²) in [5.41, 5.74) is 4.17. The molecule has 2 aromatic carbocycles. The minimum atomic E-state index is -0.0213. The fourth-order valence-electron chi connectivity index (χ4n) is 3.27. The first-order valence-corrected chi connectivity index (χ1v) is 8.95. The quantitative estimate of drug-likeness (QED) is 0.572. The molecular formula is C21H21N5O. The van der Waals surface area contributed by atoms with Gasteiger partial charge in [0, 0.05) is 36.4 Å². The number of rotatable bonds is 6. The highest BCUT2D eigenvalue weighted by atomic mass is 16.1. The van der Waals surface area contributed by atoms with E-state index >= 15 is 0 Å². The Morgan fingerprint density at radius 2 is 2.07 bits per heavy atom. The van der Waals surface area contributed by atoms with Crippen LogP contribution in [0.25, 0.3) is 10.9 Å². The van der Waals surface area contributed by atoms with Gasteiger partial charge in [-0.3, -0.25) is 9.48 Å². The van der Waals surface area contributed by atoms with Gasteiger partial charge in [0.15, 0.2) is 0 Å². The molecule has 0 fully saturated rings. The van der Waals surface area contributed by atoms with E-state index in [1.165, 1.54) is 0 Å². The van der Waals surface area contributed by atoms with Gasteiger partial charge in [-0.2, -0.15) is 5.10 Å². The van der Waals surface area contributed by atoms with Crippen LogP contribution in [0, 0.1) is 6.92 Å². The zero-order valence-corrected chi connectivity index (χ0v) is 15.2. The Labute approximate surface area is 157 Å². The molecular weight excluding hydrogens is 338 g/mol. The van der Waals surface area contributed by atoms with Crippen LogP contribution in [-0.4, -0.2) is 25.2 Å². The monoisotopic (exact) mass is 359 g/mol. The van der Waals surface area contributed by atoms with Gasteiger partial charge in [-0.25, -0.2) is 4.98 Å². The normalized spacial score (nSPS) is 11.0. The van der Waals surface area contributed by atoms with Crippen LogP contribution in [0.15, 0.2) is 67.4 Å². The van der Waals surface area contributed by atoms with Gasteiger partial charge in [0.2, 0.25) is 5.91 Å². The fourth-order valence-corrected chi connectivity index (χ4v) is 3.27. The number of hydrogen-bond acceptors (Lipinski definition) is 3. The topological polar surface area (TPSA) is 64.7 Å². The van der Waals surface area contributed by atoms with E-state index < -0.39 is 0 Å². The molecule has 0 aliphatic rings. The number of carbonyl (C=O) groups excluding carboxylic acids is 1. The van der Waals surface area contributed by atoms with Crippen molar-refractivity contribution >= 4 is 22.5 Å². The molecule has 2 heterocycles. The summed E-state index contributed by atoms with van der Waals surface area (Å²) in [4.78, 5) is 16.4. The zero-order chi connectivity index (χ0) is 18.6. The molecule has 6 heteroatoms. The molecule has 1 N–H and O–H groups in total. The summed E-state index contributed by atoms with van der Waals surface area (Å²) in [6.07, 6.45) is 7.67. The lowest BCUT2D eigenvalue weighted by Crippen LogP contribution is -2.15. The smallest absolute Gasteiger partial charge is 0.226 e. The first-order chi connectivity index (χ1) is 13.2. The lowest BCUT2D eigenvalue weighted by Gasteiger charge is -2.09. The second-order valence-corrected chi connectivity index (χ2v) is 6.61.